The van der Waals surface area contributed by atoms with Gasteiger partial charge in [0.25, 0.3) is 0 Å². The van der Waals surface area contributed by atoms with Crippen LogP contribution in [0, 0.1) is 5.92 Å². The van der Waals surface area contributed by atoms with Gasteiger partial charge in [-0.3, -0.25) is 4.79 Å². The van der Waals surface area contributed by atoms with Crippen LogP contribution in [0.4, 0.5) is 0 Å². The molecule has 0 aromatic carbocycles. The van der Waals surface area contributed by atoms with E-state index in [1.54, 1.807) is 0 Å². The highest BCUT2D eigenvalue weighted by Crippen LogP contribution is 2.22. The van der Waals surface area contributed by atoms with Crippen molar-refractivity contribution in [2.24, 2.45) is 5.92 Å². The summed E-state index contributed by atoms with van der Waals surface area (Å²) in [6.07, 6.45) is 25.4. The lowest BCUT2D eigenvalue weighted by Crippen LogP contribution is -2.27. The Morgan fingerprint density at radius 2 is 1.17 bits per heavy atom. The summed E-state index contributed by atoms with van der Waals surface area (Å²) in [4.78, 5) is 14.7. The van der Waals surface area contributed by atoms with Gasteiger partial charge in [0.1, 0.15) is 0 Å². The fourth-order valence-corrected chi connectivity index (χ4v) is 4.97. The summed E-state index contributed by atoms with van der Waals surface area (Å²) in [6, 6.07) is 0. The van der Waals surface area contributed by atoms with Gasteiger partial charge in [0, 0.05) is 13.0 Å². The van der Waals surface area contributed by atoms with Crippen LogP contribution in [0.15, 0.2) is 0 Å². The Morgan fingerprint density at radius 1 is 0.629 bits per heavy atom. The SMILES string of the molecule is CCCCCCCCCC(CCCCCC)CCOC(=O)CCCCCN(CCC)CCCCO. The summed E-state index contributed by atoms with van der Waals surface area (Å²) >= 11 is 0. The maximum Gasteiger partial charge on any atom is 0.305 e. The molecule has 0 heterocycles. The van der Waals surface area contributed by atoms with Crippen LogP contribution in [0.2, 0.25) is 0 Å². The molecular formula is C31H63NO3. The molecule has 0 spiro atoms. The zero-order chi connectivity index (χ0) is 25.8. The quantitative estimate of drug-likeness (QED) is 0.0867. The molecule has 0 aliphatic rings. The van der Waals surface area contributed by atoms with Gasteiger partial charge in [0.05, 0.1) is 6.61 Å². The van der Waals surface area contributed by atoms with Crippen molar-refractivity contribution < 1.29 is 14.6 Å². The summed E-state index contributed by atoms with van der Waals surface area (Å²) in [7, 11) is 0. The van der Waals surface area contributed by atoms with Crippen LogP contribution < -0.4 is 0 Å². The number of aliphatic hydroxyl groups excluding tert-OH is 1. The molecular weight excluding hydrogens is 434 g/mol. The molecule has 0 rings (SSSR count). The van der Waals surface area contributed by atoms with E-state index >= 15 is 0 Å². The van der Waals surface area contributed by atoms with E-state index in [2.05, 4.69) is 25.7 Å². The number of nitrogens with zero attached hydrogens (tertiary/aromatic N) is 1. The van der Waals surface area contributed by atoms with Crippen molar-refractivity contribution in [2.45, 2.75) is 156 Å². The minimum atomic E-state index is -0.000910. The van der Waals surface area contributed by atoms with Gasteiger partial charge in [-0.1, -0.05) is 111 Å². The fourth-order valence-electron chi connectivity index (χ4n) is 4.97. The summed E-state index contributed by atoms with van der Waals surface area (Å²) in [5.41, 5.74) is 0. The molecule has 4 heteroatoms. The van der Waals surface area contributed by atoms with E-state index in [1.165, 1.54) is 89.9 Å². The average Bonchev–Trinajstić information content (AvgIpc) is 2.85. The van der Waals surface area contributed by atoms with Crippen LogP contribution in [0.3, 0.4) is 0 Å². The van der Waals surface area contributed by atoms with E-state index in [0.717, 1.165) is 64.1 Å². The minimum absolute atomic E-state index is 0.000910. The topological polar surface area (TPSA) is 49.8 Å². The largest absolute Gasteiger partial charge is 0.466 e. The summed E-state index contributed by atoms with van der Waals surface area (Å²) in [5.74, 6) is 0.727. The van der Waals surface area contributed by atoms with Gasteiger partial charge in [-0.2, -0.15) is 0 Å². The highest BCUT2D eigenvalue weighted by molar-refractivity contribution is 5.69. The van der Waals surface area contributed by atoms with Crippen LogP contribution in [0.1, 0.15) is 156 Å². The van der Waals surface area contributed by atoms with Crippen molar-refractivity contribution >= 4 is 5.97 Å². The number of hydrogen-bond donors (Lipinski definition) is 1. The third kappa shape index (κ3) is 24.8. The second kappa shape index (κ2) is 28.0. The maximum absolute atomic E-state index is 12.2. The first-order valence-electron chi connectivity index (χ1n) is 15.7. The zero-order valence-corrected chi connectivity index (χ0v) is 24.2. The van der Waals surface area contributed by atoms with Crippen LogP contribution >= 0.6 is 0 Å². The molecule has 0 bridgehead atoms. The molecule has 35 heavy (non-hydrogen) atoms. The fraction of sp³-hybridized carbons (Fsp3) is 0.968. The standard InChI is InChI=1S/C31H63NO3/c1-4-7-9-11-12-13-16-22-30(21-15-10-8-5-2)24-29-35-31(34)23-17-14-18-26-32(25-6-3)27-19-20-28-33/h30,33H,4-29H2,1-3H3. The molecule has 210 valence electrons. The number of esters is 1. The zero-order valence-electron chi connectivity index (χ0n) is 24.2. The molecule has 0 saturated carbocycles. The molecule has 0 aromatic rings. The average molecular weight is 498 g/mol. The van der Waals surface area contributed by atoms with Crippen molar-refractivity contribution in [3.8, 4) is 0 Å². The van der Waals surface area contributed by atoms with E-state index in [9.17, 15) is 4.79 Å². The van der Waals surface area contributed by atoms with Gasteiger partial charge in [-0.25, -0.2) is 0 Å². The number of unbranched alkanes of at least 4 members (excludes halogenated alkanes) is 12. The Hall–Kier alpha value is -0.610. The lowest BCUT2D eigenvalue weighted by atomic mass is 9.92. The van der Waals surface area contributed by atoms with E-state index in [-0.39, 0.29) is 5.97 Å². The smallest absolute Gasteiger partial charge is 0.305 e. The Balaban J connectivity index is 3.99. The number of hydrogen-bond acceptors (Lipinski definition) is 4. The van der Waals surface area contributed by atoms with Crippen molar-refractivity contribution in [3.05, 3.63) is 0 Å². The second-order valence-electron chi connectivity index (χ2n) is 10.7. The Labute approximate surface area is 220 Å². The molecule has 0 aliphatic heterocycles. The van der Waals surface area contributed by atoms with Gasteiger partial charge in [0.2, 0.25) is 0 Å². The number of carbonyl (C=O) groups excluding carboxylic acids is 1. The van der Waals surface area contributed by atoms with Gasteiger partial charge in [0.15, 0.2) is 0 Å². The second-order valence-corrected chi connectivity index (χ2v) is 10.7. The van der Waals surface area contributed by atoms with Crippen LogP contribution in [-0.2, 0) is 9.53 Å². The van der Waals surface area contributed by atoms with Crippen LogP contribution in [0.25, 0.3) is 0 Å². The molecule has 0 aliphatic carbocycles. The Bertz CT molecular complexity index is 429. The molecule has 4 nitrogen and oxygen atoms in total. The normalized spacial score (nSPS) is 12.4. The molecule has 0 amide bonds. The van der Waals surface area contributed by atoms with Gasteiger partial charge in [-0.05, 0) is 64.1 Å². The van der Waals surface area contributed by atoms with Crippen molar-refractivity contribution in [1.29, 1.82) is 0 Å². The van der Waals surface area contributed by atoms with E-state index < -0.39 is 0 Å². The number of rotatable bonds is 28. The van der Waals surface area contributed by atoms with Crippen molar-refractivity contribution in [2.75, 3.05) is 32.8 Å². The minimum Gasteiger partial charge on any atom is -0.466 e. The molecule has 0 radical (unpaired) electrons. The molecule has 0 aromatic heterocycles. The van der Waals surface area contributed by atoms with E-state index in [1.807, 2.05) is 0 Å². The predicted molar refractivity (Wildman–Crippen MR) is 152 cm³/mol. The lowest BCUT2D eigenvalue weighted by molar-refractivity contribution is -0.144. The number of ether oxygens (including phenoxy) is 1. The molecule has 0 fully saturated rings. The monoisotopic (exact) mass is 497 g/mol. The van der Waals surface area contributed by atoms with Gasteiger partial charge < -0.3 is 14.7 Å². The summed E-state index contributed by atoms with van der Waals surface area (Å²) in [5, 5.41) is 8.98. The highest BCUT2D eigenvalue weighted by atomic mass is 16.5. The molecule has 1 atom stereocenters. The molecule has 1 N–H and O–H groups in total. The first-order valence-corrected chi connectivity index (χ1v) is 15.7. The predicted octanol–water partition coefficient (Wildman–Crippen LogP) is 8.69. The third-order valence-electron chi connectivity index (χ3n) is 7.25. The van der Waals surface area contributed by atoms with Crippen molar-refractivity contribution in [3.63, 3.8) is 0 Å². The first kappa shape index (κ1) is 34.4. The summed E-state index contributed by atoms with van der Waals surface area (Å²) in [6.45, 7) is 11.0. The maximum atomic E-state index is 12.2. The van der Waals surface area contributed by atoms with Crippen molar-refractivity contribution in [1.82, 2.24) is 4.90 Å². The number of aliphatic hydroxyl groups is 1. The Morgan fingerprint density at radius 3 is 1.77 bits per heavy atom. The molecule has 0 saturated heterocycles. The van der Waals surface area contributed by atoms with E-state index in [0.29, 0.717) is 19.6 Å². The third-order valence-corrected chi connectivity index (χ3v) is 7.25. The van der Waals surface area contributed by atoms with Gasteiger partial charge >= 0.3 is 5.97 Å². The Kier molecular flexibility index (Phi) is 27.5. The van der Waals surface area contributed by atoms with Crippen LogP contribution in [-0.4, -0.2) is 48.8 Å². The molecule has 1 unspecified atom stereocenters. The van der Waals surface area contributed by atoms with Gasteiger partial charge in [-0.15, -0.1) is 0 Å². The van der Waals surface area contributed by atoms with E-state index in [4.69, 9.17) is 9.84 Å². The lowest BCUT2D eigenvalue weighted by Gasteiger charge is -2.21. The number of carbonyl (C=O) groups is 1. The summed E-state index contributed by atoms with van der Waals surface area (Å²) < 4.78 is 5.63. The first-order chi connectivity index (χ1) is 17.2. The highest BCUT2D eigenvalue weighted by Gasteiger charge is 2.11. The van der Waals surface area contributed by atoms with Crippen LogP contribution in [0.5, 0.6) is 0 Å².